The van der Waals surface area contributed by atoms with Crippen LogP contribution in [-0.2, 0) is 38.2 Å². The van der Waals surface area contributed by atoms with Crippen molar-refractivity contribution < 1.29 is 38.2 Å². The predicted molar refractivity (Wildman–Crippen MR) is 113 cm³/mol. The minimum absolute atomic E-state index is 0.0187. The molecule has 0 aromatic rings. The number of nitrogens with one attached hydrogen (secondary N) is 2. The number of hydrogen-bond acceptors (Lipinski definition) is 8. The molecule has 5 aliphatic rings. The van der Waals surface area contributed by atoms with E-state index in [4.69, 9.17) is 9.47 Å². The van der Waals surface area contributed by atoms with Gasteiger partial charge in [-0.1, -0.05) is 0 Å². The Hall–Kier alpha value is -2.78. The lowest BCUT2D eigenvalue weighted by molar-refractivity contribution is -0.155. The summed E-state index contributed by atoms with van der Waals surface area (Å²) in [6, 6.07) is 0.0375. The molecule has 5 fully saturated rings. The molecule has 3 aliphatic carbocycles. The molecular formula is C24H30N2O8. The summed E-state index contributed by atoms with van der Waals surface area (Å²) in [6.07, 6.45) is 5.83. The van der Waals surface area contributed by atoms with Crippen LogP contribution in [0.25, 0.3) is 0 Å². The molecule has 34 heavy (non-hydrogen) atoms. The number of rotatable bonds is 4. The number of carbonyl (C=O) groups is 6. The Morgan fingerprint density at radius 1 is 0.529 bits per heavy atom. The Morgan fingerprint density at radius 2 is 0.882 bits per heavy atom. The van der Waals surface area contributed by atoms with Gasteiger partial charge < -0.3 is 20.1 Å². The lowest BCUT2D eigenvalue weighted by Crippen LogP contribution is -2.47. The van der Waals surface area contributed by atoms with E-state index >= 15 is 0 Å². The number of ether oxygens (including phenoxy) is 2. The van der Waals surface area contributed by atoms with Crippen molar-refractivity contribution in [1.29, 1.82) is 0 Å². The molecule has 6 atom stereocenters. The number of fused-ring (bicyclic) bond motifs is 2. The summed E-state index contributed by atoms with van der Waals surface area (Å²) in [5, 5.41) is 6.19. The van der Waals surface area contributed by atoms with Crippen LogP contribution < -0.4 is 10.6 Å². The van der Waals surface area contributed by atoms with Gasteiger partial charge in [-0.2, -0.15) is 0 Å². The first-order chi connectivity index (χ1) is 16.3. The van der Waals surface area contributed by atoms with Gasteiger partial charge in [-0.15, -0.1) is 0 Å². The molecule has 0 aromatic carbocycles. The van der Waals surface area contributed by atoms with Crippen LogP contribution in [0.4, 0.5) is 0 Å². The van der Waals surface area contributed by atoms with Gasteiger partial charge in [-0.05, 0) is 64.2 Å². The largest absolute Gasteiger partial charge is 0.393 e. The van der Waals surface area contributed by atoms with Crippen LogP contribution in [0, 0.1) is 35.5 Å². The molecular weight excluding hydrogens is 444 g/mol. The first-order valence-electron chi connectivity index (χ1n) is 12.4. The van der Waals surface area contributed by atoms with Crippen LogP contribution in [-0.4, -0.2) is 47.8 Å². The minimum Gasteiger partial charge on any atom is -0.393 e. The Bertz CT molecular complexity index is 850. The van der Waals surface area contributed by atoms with Crippen molar-refractivity contribution in [2.45, 2.75) is 76.3 Å². The molecule has 5 rings (SSSR count). The quantitative estimate of drug-likeness (QED) is 0.449. The lowest BCUT2D eigenvalue weighted by Gasteiger charge is -2.33. The SMILES string of the molecule is O=C(NC1CCC(NC(=O)C2CCC3C(=O)OC(=O)C3C2)CC1)C1CCC2C(=O)OC(=O)C2C1. The molecule has 2 heterocycles. The van der Waals surface area contributed by atoms with Crippen LogP contribution in [0.1, 0.15) is 64.2 Å². The monoisotopic (exact) mass is 474 g/mol. The third kappa shape index (κ3) is 4.34. The molecule has 0 aromatic heterocycles. The summed E-state index contributed by atoms with van der Waals surface area (Å²) in [4.78, 5) is 72.6. The van der Waals surface area contributed by atoms with Gasteiger partial charge in [-0.3, -0.25) is 28.8 Å². The molecule has 2 amide bonds. The number of cyclic esters (lactones) is 4. The average molecular weight is 475 g/mol. The average Bonchev–Trinajstić information content (AvgIpc) is 3.28. The molecule has 2 aliphatic heterocycles. The van der Waals surface area contributed by atoms with Gasteiger partial charge >= 0.3 is 23.9 Å². The highest BCUT2D eigenvalue weighted by Gasteiger charge is 2.50. The van der Waals surface area contributed by atoms with Crippen LogP contribution in [0.15, 0.2) is 0 Å². The summed E-state index contributed by atoms with van der Waals surface area (Å²) in [6.45, 7) is 0. The second-order valence-electron chi connectivity index (χ2n) is 10.5. The van der Waals surface area contributed by atoms with E-state index in [1.807, 2.05) is 0 Å². The first-order valence-corrected chi connectivity index (χ1v) is 12.4. The molecule has 10 heteroatoms. The molecule has 2 N–H and O–H groups in total. The van der Waals surface area contributed by atoms with Crippen molar-refractivity contribution >= 4 is 35.7 Å². The first kappa shape index (κ1) is 23.0. The standard InChI is InChI=1S/C24H30N2O8/c27-19(11-1-7-15-17(9-11)23(31)33-21(15)29)25-13-3-5-14(6-4-13)26-20(28)12-2-8-16-18(10-12)24(32)34-22(16)30/h11-18H,1-10H2,(H,25,27)(H,26,28). The van der Waals surface area contributed by atoms with Crippen molar-refractivity contribution in [3.05, 3.63) is 0 Å². The van der Waals surface area contributed by atoms with E-state index in [0.29, 0.717) is 38.5 Å². The highest BCUT2D eigenvalue weighted by atomic mass is 16.6. The van der Waals surface area contributed by atoms with Gasteiger partial charge in [0.25, 0.3) is 0 Å². The Kier molecular flexibility index (Phi) is 6.16. The second kappa shape index (κ2) is 9.11. The van der Waals surface area contributed by atoms with Crippen LogP contribution >= 0.6 is 0 Å². The van der Waals surface area contributed by atoms with E-state index in [1.54, 1.807) is 0 Å². The van der Waals surface area contributed by atoms with Crippen molar-refractivity contribution in [1.82, 2.24) is 10.6 Å². The highest BCUT2D eigenvalue weighted by molar-refractivity contribution is 5.98. The maximum Gasteiger partial charge on any atom is 0.317 e. The zero-order valence-corrected chi connectivity index (χ0v) is 19.0. The predicted octanol–water partition coefficient (Wildman–Crippen LogP) is 0.762. The van der Waals surface area contributed by atoms with E-state index in [9.17, 15) is 28.8 Å². The number of amides is 2. The third-order valence-corrected chi connectivity index (χ3v) is 8.48. The molecule has 0 bridgehead atoms. The fourth-order valence-corrected chi connectivity index (χ4v) is 6.42. The zero-order valence-electron chi connectivity index (χ0n) is 19.0. The summed E-state index contributed by atoms with van der Waals surface area (Å²) in [5.74, 6) is -4.45. The van der Waals surface area contributed by atoms with E-state index in [1.165, 1.54) is 0 Å². The summed E-state index contributed by atoms with van der Waals surface area (Å²) >= 11 is 0. The summed E-state index contributed by atoms with van der Waals surface area (Å²) in [5.41, 5.74) is 0. The lowest BCUT2D eigenvalue weighted by atomic mass is 9.74. The van der Waals surface area contributed by atoms with Gasteiger partial charge in [-0.25, -0.2) is 0 Å². The number of hydrogen-bond donors (Lipinski definition) is 2. The molecule has 0 spiro atoms. The molecule has 0 radical (unpaired) electrons. The van der Waals surface area contributed by atoms with E-state index < -0.39 is 47.5 Å². The van der Waals surface area contributed by atoms with Crippen molar-refractivity contribution in [2.75, 3.05) is 0 Å². The molecule has 3 saturated carbocycles. The zero-order chi connectivity index (χ0) is 24.0. The van der Waals surface area contributed by atoms with Crippen molar-refractivity contribution in [2.24, 2.45) is 35.5 Å². The van der Waals surface area contributed by atoms with Gasteiger partial charge in [0.15, 0.2) is 0 Å². The fraction of sp³-hybridized carbons (Fsp3) is 0.750. The Labute approximate surface area is 196 Å². The fourth-order valence-electron chi connectivity index (χ4n) is 6.42. The molecule has 2 saturated heterocycles. The number of carbonyl (C=O) groups excluding carboxylic acids is 6. The topological polar surface area (TPSA) is 145 Å². The maximum atomic E-state index is 12.8. The van der Waals surface area contributed by atoms with Gasteiger partial charge in [0.2, 0.25) is 11.8 Å². The highest BCUT2D eigenvalue weighted by Crippen LogP contribution is 2.41. The van der Waals surface area contributed by atoms with E-state index in [-0.39, 0.29) is 35.7 Å². The van der Waals surface area contributed by atoms with Gasteiger partial charge in [0, 0.05) is 23.9 Å². The smallest absolute Gasteiger partial charge is 0.317 e. The van der Waals surface area contributed by atoms with Crippen LogP contribution in [0.5, 0.6) is 0 Å². The summed E-state index contributed by atoms with van der Waals surface area (Å²) in [7, 11) is 0. The third-order valence-electron chi connectivity index (χ3n) is 8.48. The van der Waals surface area contributed by atoms with E-state index in [0.717, 1.165) is 25.7 Å². The van der Waals surface area contributed by atoms with Crippen molar-refractivity contribution in [3.63, 3.8) is 0 Å². The number of esters is 4. The van der Waals surface area contributed by atoms with Gasteiger partial charge in [0.05, 0.1) is 23.7 Å². The Balaban J connectivity index is 1.05. The molecule has 184 valence electrons. The van der Waals surface area contributed by atoms with Gasteiger partial charge in [0.1, 0.15) is 0 Å². The van der Waals surface area contributed by atoms with E-state index in [2.05, 4.69) is 10.6 Å². The molecule has 6 unspecified atom stereocenters. The second-order valence-corrected chi connectivity index (χ2v) is 10.5. The molecule has 10 nitrogen and oxygen atoms in total. The van der Waals surface area contributed by atoms with Crippen LogP contribution in [0.3, 0.4) is 0 Å². The minimum atomic E-state index is -0.506. The van der Waals surface area contributed by atoms with Crippen molar-refractivity contribution in [3.8, 4) is 0 Å². The normalized spacial score (nSPS) is 39.5. The van der Waals surface area contributed by atoms with Crippen LogP contribution in [0.2, 0.25) is 0 Å². The maximum absolute atomic E-state index is 12.8. The Morgan fingerprint density at radius 3 is 1.26 bits per heavy atom. The summed E-state index contributed by atoms with van der Waals surface area (Å²) < 4.78 is 9.44.